The summed E-state index contributed by atoms with van der Waals surface area (Å²) in [6.45, 7) is 1.77. The molecule has 0 N–H and O–H groups in total. The molecule has 7 nitrogen and oxygen atoms in total. The third-order valence-corrected chi connectivity index (χ3v) is 7.57. The molecule has 3 rings (SSSR count). The van der Waals surface area contributed by atoms with Crippen LogP contribution in [0.4, 0.5) is 5.69 Å². The molecular formula is C23H17Cl2NO6S. The molecule has 0 spiro atoms. The zero-order valence-corrected chi connectivity index (χ0v) is 19.5. The Morgan fingerprint density at radius 1 is 1.00 bits per heavy atom. The molecule has 0 saturated carbocycles. The number of ketones is 2. The van der Waals surface area contributed by atoms with Gasteiger partial charge in [-0.05, 0) is 37.3 Å². The van der Waals surface area contributed by atoms with Crippen molar-refractivity contribution in [1.29, 1.82) is 0 Å². The van der Waals surface area contributed by atoms with E-state index in [-0.39, 0.29) is 31.8 Å². The molecule has 0 aliphatic heterocycles. The van der Waals surface area contributed by atoms with E-state index in [4.69, 9.17) is 23.2 Å². The number of Topliss-reactive ketones (excluding diaryl/α,β-unsaturated/α-hetero) is 2. The Bertz CT molecular complexity index is 1350. The highest BCUT2D eigenvalue weighted by Gasteiger charge is 2.37. The monoisotopic (exact) mass is 505 g/mol. The summed E-state index contributed by atoms with van der Waals surface area (Å²) in [6, 6.07) is 14.6. The van der Waals surface area contributed by atoms with E-state index >= 15 is 0 Å². The zero-order chi connectivity index (χ0) is 24.3. The number of nitro benzene ring substituents is 1. The van der Waals surface area contributed by atoms with Gasteiger partial charge in [0.05, 0.1) is 14.8 Å². The first-order valence-electron chi connectivity index (χ1n) is 9.58. The second-order valence-corrected chi connectivity index (χ2v) is 10.2. The van der Waals surface area contributed by atoms with Crippen molar-refractivity contribution >= 4 is 50.3 Å². The minimum absolute atomic E-state index is 0.0111. The van der Waals surface area contributed by atoms with Crippen molar-refractivity contribution in [3.05, 3.63) is 104 Å². The summed E-state index contributed by atoms with van der Waals surface area (Å²) in [5.74, 6) is -1.62. The van der Waals surface area contributed by atoms with Crippen LogP contribution in [-0.2, 0) is 9.84 Å². The van der Waals surface area contributed by atoms with Crippen molar-refractivity contribution in [3.63, 3.8) is 0 Å². The van der Waals surface area contributed by atoms with Gasteiger partial charge in [0.15, 0.2) is 21.4 Å². The molecule has 1 atom stereocenters. The lowest BCUT2D eigenvalue weighted by molar-refractivity contribution is -0.384. The van der Waals surface area contributed by atoms with E-state index < -0.39 is 38.0 Å². The van der Waals surface area contributed by atoms with Crippen LogP contribution in [-0.4, -0.2) is 30.2 Å². The molecule has 0 radical (unpaired) electrons. The number of carbonyl (C=O) groups is 2. The average molecular weight is 506 g/mol. The molecule has 0 bridgehead atoms. The Morgan fingerprint density at radius 3 is 2.27 bits per heavy atom. The van der Waals surface area contributed by atoms with Crippen LogP contribution in [0, 0.1) is 17.0 Å². The van der Waals surface area contributed by atoms with Gasteiger partial charge in [-0.25, -0.2) is 8.42 Å². The average Bonchev–Trinajstić information content (AvgIpc) is 2.77. The summed E-state index contributed by atoms with van der Waals surface area (Å²) in [7, 11) is -4.33. The molecule has 170 valence electrons. The molecule has 0 aliphatic carbocycles. The molecule has 0 heterocycles. The molecular weight excluding hydrogens is 489 g/mol. The highest BCUT2D eigenvalue weighted by atomic mass is 35.5. The van der Waals surface area contributed by atoms with Crippen molar-refractivity contribution in [3.8, 4) is 0 Å². The Hall–Kier alpha value is -3.07. The minimum atomic E-state index is -4.33. The van der Waals surface area contributed by atoms with Gasteiger partial charge in [0.25, 0.3) is 5.69 Å². The van der Waals surface area contributed by atoms with Gasteiger partial charge in [-0.3, -0.25) is 19.7 Å². The Balaban J connectivity index is 2.08. The van der Waals surface area contributed by atoms with Crippen LogP contribution in [0.3, 0.4) is 0 Å². The van der Waals surface area contributed by atoms with E-state index in [0.717, 1.165) is 11.6 Å². The van der Waals surface area contributed by atoms with E-state index in [9.17, 15) is 28.1 Å². The second kappa shape index (κ2) is 9.82. The maximum atomic E-state index is 13.4. The maximum absolute atomic E-state index is 13.4. The van der Waals surface area contributed by atoms with Crippen molar-refractivity contribution < 1.29 is 22.9 Å². The predicted octanol–water partition coefficient (Wildman–Crippen LogP) is 5.51. The molecule has 0 amide bonds. The number of hydrogen-bond donors (Lipinski definition) is 0. The van der Waals surface area contributed by atoms with Gasteiger partial charge in [0.2, 0.25) is 0 Å². The fourth-order valence-corrected chi connectivity index (χ4v) is 5.33. The van der Waals surface area contributed by atoms with Crippen molar-refractivity contribution in [2.24, 2.45) is 0 Å². The summed E-state index contributed by atoms with van der Waals surface area (Å²) in [6.07, 6.45) is -0.709. The SMILES string of the molecule is Cc1ccc(S(=O)(=O)[C@@H](CC(=O)c2ccc(Cl)cc2Cl)C(=O)c2cccc([N+](=O)[O-])c2)cc1. The molecule has 0 unspecified atom stereocenters. The van der Waals surface area contributed by atoms with Crippen LogP contribution in [0.2, 0.25) is 10.0 Å². The van der Waals surface area contributed by atoms with Gasteiger partial charge in [0.1, 0.15) is 5.25 Å². The number of nitrogens with zero attached hydrogens (tertiary/aromatic N) is 1. The molecule has 0 fully saturated rings. The van der Waals surface area contributed by atoms with Crippen LogP contribution in [0.1, 0.15) is 32.7 Å². The number of nitro groups is 1. The van der Waals surface area contributed by atoms with Gasteiger partial charge in [-0.2, -0.15) is 0 Å². The fraction of sp³-hybridized carbons (Fsp3) is 0.130. The highest BCUT2D eigenvalue weighted by molar-refractivity contribution is 7.92. The van der Waals surface area contributed by atoms with Crippen molar-refractivity contribution in [1.82, 2.24) is 0 Å². The molecule has 3 aromatic carbocycles. The van der Waals surface area contributed by atoms with E-state index in [0.29, 0.717) is 0 Å². The third-order valence-electron chi connectivity index (χ3n) is 4.96. The fourth-order valence-electron chi connectivity index (χ4n) is 3.19. The summed E-state index contributed by atoms with van der Waals surface area (Å²) in [5, 5.41) is 9.60. The van der Waals surface area contributed by atoms with Crippen LogP contribution >= 0.6 is 23.2 Å². The van der Waals surface area contributed by atoms with Gasteiger partial charge in [-0.15, -0.1) is 0 Å². The number of sulfone groups is 1. The summed E-state index contributed by atoms with van der Waals surface area (Å²) >= 11 is 12.0. The first-order chi connectivity index (χ1) is 15.5. The number of aryl methyl sites for hydroxylation is 1. The molecule has 0 aromatic heterocycles. The lowest BCUT2D eigenvalue weighted by Gasteiger charge is -2.17. The summed E-state index contributed by atoms with van der Waals surface area (Å²) in [5.41, 5.74) is 0.246. The molecule has 3 aromatic rings. The zero-order valence-electron chi connectivity index (χ0n) is 17.2. The van der Waals surface area contributed by atoms with E-state index in [2.05, 4.69) is 0 Å². The first kappa shape index (κ1) is 24.6. The standard InChI is InChI=1S/C23H17Cl2NO6S/c1-14-5-8-18(9-6-14)33(31,32)22(13-21(27)19-10-7-16(24)12-20(19)25)23(28)15-3-2-4-17(11-15)26(29)30/h2-12,22H,13H2,1H3/t22-/m0/s1. The number of non-ortho nitro benzene ring substituents is 1. The van der Waals surface area contributed by atoms with Gasteiger partial charge < -0.3 is 0 Å². The quantitative estimate of drug-likeness (QED) is 0.226. The number of benzene rings is 3. The first-order valence-corrected chi connectivity index (χ1v) is 11.9. The van der Waals surface area contributed by atoms with Gasteiger partial charge in [-0.1, -0.05) is 53.0 Å². The largest absolute Gasteiger partial charge is 0.294 e. The number of halogens is 2. The lowest BCUT2D eigenvalue weighted by atomic mass is 10.0. The molecule has 0 saturated heterocycles. The number of carbonyl (C=O) groups excluding carboxylic acids is 2. The molecule has 0 aliphatic rings. The second-order valence-electron chi connectivity index (χ2n) is 7.27. The predicted molar refractivity (Wildman–Crippen MR) is 125 cm³/mol. The Kier molecular flexibility index (Phi) is 7.31. The topological polar surface area (TPSA) is 111 Å². The van der Waals surface area contributed by atoms with E-state index in [1.807, 2.05) is 0 Å². The molecule has 33 heavy (non-hydrogen) atoms. The minimum Gasteiger partial charge on any atom is -0.294 e. The maximum Gasteiger partial charge on any atom is 0.270 e. The van der Waals surface area contributed by atoms with Crippen molar-refractivity contribution in [2.75, 3.05) is 0 Å². The van der Waals surface area contributed by atoms with Gasteiger partial charge >= 0.3 is 0 Å². The van der Waals surface area contributed by atoms with Crippen LogP contribution in [0.15, 0.2) is 71.6 Å². The normalized spacial score (nSPS) is 12.2. The van der Waals surface area contributed by atoms with E-state index in [1.165, 1.54) is 48.5 Å². The number of rotatable bonds is 8. The van der Waals surface area contributed by atoms with E-state index in [1.54, 1.807) is 19.1 Å². The highest BCUT2D eigenvalue weighted by Crippen LogP contribution is 2.28. The number of hydrogen-bond acceptors (Lipinski definition) is 6. The van der Waals surface area contributed by atoms with Crippen LogP contribution in [0.25, 0.3) is 0 Å². The third kappa shape index (κ3) is 5.47. The lowest BCUT2D eigenvalue weighted by Crippen LogP contribution is -2.33. The van der Waals surface area contributed by atoms with Crippen LogP contribution < -0.4 is 0 Å². The smallest absolute Gasteiger partial charge is 0.270 e. The van der Waals surface area contributed by atoms with Crippen molar-refractivity contribution in [2.45, 2.75) is 23.5 Å². The molecule has 10 heteroatoms. The Labute approximate surface area is 200 Å². The Morgan fingerprint density at radius 2 is 1.67 bits per heavy atom. The van der Waals surface area contributed by atoms with Crippen LogP contribution in [0.5, 0.6) is 0 Å². The van der Waals surface area contributed by atoms with Gasteiger partial charge in [0, 0.05) is 34.7 Å². The summed E-state index contributed by atoms with van der Waals surface area (Å²) in [4.78, 5) is 36.6. The summed E-state index contributed by atoms with van der Waals surface area (Å²) < 4.78 is 26.8.